The highest BCUT2D eigenvalue weighted by Gasteiger charge is 2.20. The number of hydrogen-bond acceptors (Lipinski definition) is 10. The van der Waals surface area contributed by atoms with Crippen molar-refractivity contribution in [3.8, 4) is 17.2 Å². The second kappa shape index (κ2) is 21.2. The molecule has 0 spiro atoms. The van der Waals surface area contributed by atoms with Crippen LogP contribution in [0.1, 0.15) is 87.4 Å². The monoisotopic (exact) mass is 650 g/mol. The van der Waals surface area contributed by atoms with Crippen LogP contribution >= 0.6 is 0 Å². The number of benzene rings is 2. The molecule has 1 saturated carbocycles. The third-order valence-electron chi connectivity index (χ3n) is 7.38. The zero-order valence-corrected chi connectivity index (χ0v) is 27.1. The molecule has 2 aromatic rings. The summed E-state index contributed by atoms with van der Waals surface area (Å²) in [5, 5.41) is 0. The summed E-state index contributed by atoms with van der Waals surface area (Å²) in [5.41, 5.74) is 0.472. The minimum Gasteiger partial charge on any atom is -0.494 e. The van der Waals surface area contributed by atoms with Gasteiger partial charge in [0.15, 0.2) is 0 Å². The van der Waals surface area contributed by atoms with Crippen LogP contribution in [0.2, 0.25) is 0 Å². The van der Waals surface area contributed by atoms with Crippen molar-refractivity contribution in [1.82, 2.24) is 0 Å². The fourth-order valence-electron chi connectivity index (χ4n) is 4.75. The lowest BCUT2D eigenvalue weighted by Crippen LogP contribution is -2.22. The van der Waals surface area contributed by atoms with E-state index in [1.165, 1.54) is 6.42 Å². The summed E-state index contributed by atoms with van der Waals surface area (Å²) in [4.78, 5) is 47.7. The van der Waals surface area contributed by atoms with Gasteiger partial charge >= 0.3 is 23.9 Å². The Hall–Kier alpha value is -4.60. The third-order valence-corrected chi connectivity index (χ3v) is 7.38. The third kappa shape index (κ3) is 15.0. The Labute approximate surface area is 277 Å². The summed E-state index contributed by atoms with van der Waals surface area (Å²) in [6.45, 7) is 8.57. The number of carbonyl (C=O) groups excluding carboxylic acids is 4. The Morgan fingerprint density at radius 1 is 0.681 bits per heavy atom. The number of rotatable bonds is 21. The molecule has 1 aliphatic carbocycles. The van der Waals surface area contributed by atoms with Gasteiger partial charge in [-0.1, -0.05) is 19.6 Å². The molecule has 0 atom stereocenters. The van der Waals surface area contributed by atoms with Gasteiger partial charge in [0.05, 0.1) is 38.4 Å². The number of esters is 4. The molecule has 0 heterocycles. The van der Waals surface area contributed by atoms with E-state index < -0.39 is 23.9 Å². The van der Waals surface area contributed by atoms with Gasteiger partial charge in [-0.25, -0.2) is 14.4 Å². The van der Waals surface area contributed by atoms with Crippen molar-refractivity contribution in [3.63, 3.8) is 0 Å². The predicted octanol–water partition coefficient (Wildman–Crippen LogP) is 7.10. The van der Waals surface area contributed by atoms with E-state index >= 15 is 0 Å². The molecule has 1 aliphatic rings. The van der Waals surface area contributed by atoms with E-state index in [2.05, 4.69) is 13.2 Å². The highest BCUT2D eigenvalue weighted by Crippen LogP contribution is 2.22. The molecule has 10 heteroatoms. The maximum Gasteiger partial charge on any atom is 0.343 e. The predicted molar refractivity (Wildman–Crippen MR) is 175 cm³/mol. The van der Waals surface area contributed by atoms with Gasteiger partial charge < -0.3 is 28.4 Å². The van der Waals surface area contributed by atoms with E-state index in [-0.39, 0.29) is 24.7 Å². The number of carbonyl (C=O) groups is 4. The maximum atomic E-state index is 12.6. The van der Waals surface area contributed by atoms with E-state index in [0.29, 0.717) is 55.5 Å². The van der Waals surface area contributed by atoms with Gasteiger partial charge in [0.1, 0.15) is 23.4 Å². The average molecular weight is 651 g/mol. The van der Waals surface area contributed by atoms with Crippen LogP contribution in [-0.4, -0.2) is 56.4 Å². The van der Waals surface area contributed by atoms with Gasteiger partial charge in [-0.05, 0) is 113 Å². The average Bonchev–Trinajstić information content (AvgIpc) is 3.08. The van der Waals surface area contributed by atoms with Gasteiger partial charge in [-0.3, -0.25) is 4.79 Å². The van der Waals surface area contributed by atoms with Gasteiger partial charge in [-0.15, -0.1) is 0 Å². The van der Waals surface area contributed by atoms with Crippen molar-refractivity contribution in [2.75, 3.05) is 26.4 Å². The molecule has 0 bridgehead atoms. The van der Waals surface area contributed by atoms with Crippen molar-refractivity contribution in [1.29, 1.82) is 0 Å². The Morgan fingerprint density at radius 2 is 1.21 bits per heavy atom. The van der Waals surface area contributed by atoms with Crippen LogP contribution in [0, 0.1) is 0 Å². The first-order valence-electron chi connectivity index (χ1n) is 16.4. The minimum atomic E-state index is -0.594. The summed E-state index contributed by atoms with van der Waals surface area (Å²) in [5.74, 6) is -0.237. The second-order valence-corrected chi connectivity index (χ2v) is 11.2. The number of hydrogen-bond donors (Lipinski definition) is 0. The first-order valence-corrected chi connectivity index (χ1v) is 16.4. The topological polar surface area (TPSA) is 124 Å². The molecule has 0 N–H and O–H groups in total. The summed E-state index contributed by atoms with van der Waals surface area (Å²) < 4.78 is 32.5. The van der Waals surface area contributed by atoms with Crippen LogP contribution in [0.5, 0.6) is 17.2 Å². The van der Waals surface area contributed by atoms with Crippen LogP contribution in [0.4, 0.5) is 0 Å². The van der Waals surface area contributed by atoms with Gasteiger partial charge in [-0.2, -0.15) is 0 Å². The van der Waals surface area contributed by atoms with Crippen LogP contribution in [-0.2, 0) is 28.6 Å². The zero-order valence-electron chi connectivity index (χ0n) is 27.1. The second-order valence-electron chi connectivity index (χ2n) is 11.2. The summed E-state index contributed by atoms with van der Waals surface area (Å²) in [6, 6.07) is 13.5. The van der Waals surface area contributed by atoms with Crippen LogP contribution in [0.25, 0.3) is 0 Å². The molecule has 47 heavy (non-hydrogen) atoms. The molecule has 2 aromatic carbocycles. The molecule has 0 aromatic heterocycles. The van der Waals surface area contributed by atoms with Crippen LogP contribution < -0.4 is 14.2 Å². The summed E-state index contributed by atoms with van der Waals surface area (Å²) in [7, 11) is 0. The first-order chi connectivity index (χ1) is 22.8. The first kappa shape index (κ1) is 36.9. The largest absolute Gasteiger partial charge is 0.494 e. The van der Waals surface area contributed by atoms with Crippen molar-refractivity contribution in [2.24, 2.45) is 0 Å². The molecule has 0 radical (unpaired) electrons. The number of ether oxygens (including phenoxy) is 6. The Balaban J connectivity index is 1.23. The van der Waals surface area contributed by atoms with Crippen molar-refractivity contribution < 1.29 is 47.6 Å². The smallest absolute Gasteiger partial charge is 0.343 e. The van der Waals surface area contributed by atoms with E-state index in [0.717, 1.165) is 57.4 Å². The van der Waals surface area contributed by atoms with E-state index in [1.54, 1.807) is 48.5 Å². The summed E-state index contributed by atoms with van der Waals surface area (Å²) in [6.07, 6.45) is 10.8. The van der Waals surface area contributed by atoms with Crippen LogP contribution in [0.15, 0.2) is 73.3 Å². The lowest BCUT2D eigenvalue weighted by molar-refractivity contribution is -0.151. The van der Waals surface area contributed by atoms with Gasteiger partial charge in [0.25, 0.3) is 0 Å². The molecule has 0 unspecified atom stereocenters. The minimum absolute atomic E-state index is 0.0576. The molecule has 254 valence electrons. The highest BCUT2D eigenvalue weighted by molar-refractivity contribution is 5.93. The van der Waals surface area contributed by atoms with Crippen molar-refractivity contribution >= 4 is 23.9 Å². The molecule has 0 saturated heterocycles. The fourth-order valence-corrected chi connectivity index (χ4v) is 4.75. The molecular weight excluding hydrogens is 604 g/mol. The Bertz CT molecular complexity index is 1290. The van der Waals surface area contributed by atoms with Crippen molar-refractivity contribution in [2.45, 2.75) is 83.2 Å². The Morgan fingerprint density at radius 3 is 1.85 bits per heavy atom. The molecule has 1 fully saturated rings. The van der Waals surface area contributed by atoms with Crippen molar-refractivity contribution in [3.05, 3.63) is 78.9 Å². The molecule has 3 rings (SSSR count). The van der Waals surface area contributed by atoms with E-state index in [4.69, 9.17) is 28.4 Å². The molecule has 10 nitrogen and oxygen atoms in total. The zero-order chi connectivity index (χ0) is 33.7. The fraction of sp³-hybridized carbons (Fsp3) is 0.459. The Kier molecular flexibility index (Phi) is 16.7. The lowest BCUT2D eigenvalue weighted by atomic mass is 9.98. The molecule has 0 amide bonds. The quantitative estimate of drug-likeness (QED) is 0.0454. The van der Waals surface area contributed by atoms with Crippen LogP contribution in [0.3, 0.4) is 0 Å². The number of unbranched alkanes of at least 4 members (excludes halogenated alkanes) is 4. The lowest BCUT2D eigenvalue weighted by Gasteiger charge is -2.21. The standard InChI is InChI=1S/C37H46O10/c1-3-34(38)44-25-10-5-4-9-23-42-31-19-21-33(22-20-31)47-37(41)29-15-17-30(18-16-29)43-24-11-12-26-45-36(40)28(2)27-35(39)46-32-13-7-6-8-14-32/h3,15-22,32H,1-2,4-14,23-27H2. The van der Waals surface area contributed by atoms with E-state index in [9.17, 15) is 19.2 Å². The molecular formula is C37H46O10. The summed E-state index contributed by atoms with van der Waals surface area (Å²) >= 11 is 0. The van der Waals surface area contributed by atoms with Gasteiger partial charge in [0, 0.05) is 11.6 Å². The maximum absolute atomic E-state index is 12.6. The highest BCUT2D eigenvalue weighted by atomic mass is 16.6. The SMILES string of the molecule is C=CC(=O)OCCCCCCOc1ccc(OC(=O)c2ccc(OCCCCOC(=O)C(=C)CC(=O)OC3CCCCC3)cc2)cc1. The normalized spacial score (nSPS) is 12.8. The molecule has 0 aliphatic heterocycles. The van der Waals surface area contributed by atoms with Gasteiger partial charge in [0.2, 0.25) is 0 Å². The van der Waals surface area contributed by atoms with E-state index in [1.807, 2.05) is 0 Å².